The lowest BCUT2D eigenvalue weighted by molar-refractivity contribution is -0.120. The minimum Gasteiger partial charge on any atom is -0.352 e. The van der Waals surface area contributed by atoms with Gasteiger partial charge in [-0.15, -0.1) is 11.3 Å². The first-order valence-electron chi connectivity index (χ1n) is 8.11. The maximum absolute atomic E-state index is 12.0. The first-order valence-corrected chi connectivity index (χ1v) is 8.99. The highest BCUT2D eigenvalue weighted by atomic mass is 32.1. The SMILES string of the molecule is O=C(Cc1cccs1)NCc1ccc(-c2nc3ccccc3[nH]2)cc1. The third-order valence-electron chi connectivity index (χ3n) is 4.02. The zero-order valence-electron chi connectivity index (χ0n) is 13.5. The molecule has 124 valence electrons. The normalized spacial score (nSPS) is 10.9. The Bertz CT molecular complexity index is 954. The van der Waals surface area contributed by atoms with Crippen LogP contribution in [-0.4, -0.2) is 15.9 Å². The van der Waals surface area contributed by atoms with E-state index in [2.05, 4.69) is 15.3 Å². The topological polar surface area (TPSA) is 57.8 Å². The summed E-state index contributed by atoms with van der Waals surface area (Å²) < 4.78 is 0. The van der Waals surface area contributed by atoms with E-state index in [4.69, 9.17) is 0 Å². The lowest BCUT2D eigenvalue weighted by Crippen LogP contribution is -2.24. The fourth-order valence-corrected chi connectivity index (χ4v) is 3.41. The summed E-state index contributed by atoms with van der Waals surface area (Å²) in [5.41, 5.74) is 4.09. The van der Waals surface area contributed by atoms with Gasteiger partial charge in [0.25, 0.3) is 0 Å². The number of hydrogen-bond donors (Lipinski definition) is 2. The molecular weight excluding hydrogens is 330 g/mol. The van der Waals surface area contributed by atoms with Gasteiger partial charge in [-0.2, -0.15) is 0 Å². The van der Waals surface area contributed by atoms with Crippen LogP contribution in [0, 0.1) is 0 Å². The number of carbonyl (C=O) groups is 1. The van der Waals surface area contributed by atoms with Crippen molar-refractivity contribution in [1.29, 1.82) is 0 Å². The van der Waals surface area contributed by atoms with Gasteiger partial charge in [0.2, 0.25) is 5.91 Å². The number of nitrogens with one attached hydrogen (secondary N) is 2. The predicted molar refractivity (Wildman–Crippen MR) is 101 cm³/mol. The van der Waals surface area contributed by atoms with Gasteiger partial charge in [-0.05, 0) is 29.1 Å². The van der Waals surface area contributed by atoms with E-state index in [9.17, 15) is 4.79 Å². The lowest BCUT2D eigenvalue weighted by Gasteiger charge is -2.05. The van der Waals surface area contributed by atoms with Crippen molar-refractivity contribution in [2.24, 2.45) is 0 Å². The standard InChI is InChI=1S/C20H17N3OS/c24-19(12-16-4-3-11-25-16)21-13-14-7-9-15(10-8-14)20-22-17-5-1-2-6-18(17)23-20/h1-11H,12-13H2,(H,21,24)(H,22,23). The van der Waals surface area contributed by atoms with Crippen molar-refractivity contribution < 1.29 is 4.79 Å². The largest absolute Gasteiger partial charge is 0.352 e. The van der Waals surface area contributed by atoms with Gasteiger partial charge in [0.1, 0.15) is 5.82 Å². The molecule has 0 aliphatic rings. The molecule has 0 saturated carbocycles. The average Bonchev–Trinajstić information content (AvgIpc) is 3.29. The molecule has 0 spiro atoms. The Morgan fingerprint density at radius 1 is 1.04 bits per heavy atom. The van der Waals surface area contributed by atoms with Crippen molar-refractivity contribution in [3.05, 3.63) is 76.5 Å². The number of amides is 1. The molecule has 0 atom stereocenters. The summed E-state index contributed by atoms with van der Waals surface area (Å²) >= 11 is 1.60. The number of carbonyl (C=O) groups excluding carboxylic acids is 1. The molecule has 2 aromatic heterocycles. The number of thiophene rings is 1. The van der Waals surface area contributed by atoms with E-state index in [0.29, 0.717) is 13.0 Å². The molecular formula is C20H17N3OS. The third-order valence-corrected chi connectivity index (χ3v) is 4.90. The van der Waals surface area contributed by atoms with Gasteiger partial charge in [-0.3, -0.25) is 4.79 Å². The third kappa shape index (κ3) is 3.61. The van der Waals surface area contributed by atoms with Crippen molar-refractivity contribution in [3.8, 4) is 11.4 Å². The van der Waals surface area contributed by atoms with E-state index in [1.54, 1.807) is 11.3 Å². The van der Waals surface area contributed by atoms with Crippen LogP contribution in [0.5, 0.6) is 0 Å². The van der Waals surface area contributed by atoms with Crippen molar-refractivity contribution >= 4 is 28.3 Å². The van der Waals surface area contributed by atoms with Gasteiger partial charge >= 0.3 is 0 Å². The highest BCUT2D eigenvalue weighted by molar-refractivity contribution is 7.10. The zero-order valence-corrected chi connectivity index (χ0v) is 14.3. The van der Waals surface area contributed by atoms with E-state index >= 15 is 0 Å². The smallest absolute Gasteiger partial charge is 0.225 e. The van der Waals surface area contributed by atoms with Crippen LogP contribution < -0.4 is 5.32 Å². The molecule has 2 aromatic carbocycles. The summed E-state index contributed by atoms with van der Waals surface area (Å²) in [5.74, 6) is 0.901. The molecule has 0 unspecified atom stereocenters. The highest BCUT2D eigenvalue weighted by Gasteiger charge is 2.06. The summed E-state index contributed by atoms with van der Waals surface area (Å²) in [7, 11) is 0. The summed E-state index contributed by atoms with van der Waals surface area (Å²) in [5, 5.41) is 4.95. The number of aromatic nitrogens is 2. The van der Waals surface area contributed by atoms with E-state index in [1.807, 2.05) is 66.0 Å². The summed E-state index contributed by atoms with van der Waals surface area (Å²) in [4.78, 5) is 21.0. The van der Waals surface area contributed by atoms with Crippen LogP contribution >= 0.6 is 11.3 Å². The van der Waals surface area contributed by atoms with Crippen LogP contribution in [0.2, 0.25) is 0 Å². The number of nitrogens with zero attached hydrogens (tertiary/aromatic N) is 1. The second kappa shape index (κ2) is 6.91. The Morgan fingerprint density at radius 3 is 2.64 bits per heavy atom. The molecule has 0 aliphatic carbocycles. The quantitative estimate of drug-likeness (QED) is 0.570. The van der Waals surface area contributed by atoms with Crippen LogP contribution in [0.15, 0.2) is 66.0 Å². The number of H-pyrrole nitrogens is 1. The lowest BCUT2D eigenvalue weighted by atomic mass is 10.1. The van der Waals surface area contributed by atoms with Crippen molar-refractivity contribution in [2.45, 2.75) is 13.0 Å². The monoisotopic (exact) mass is 347 g/mol. The molecule has 0 aliphatic heterocycles. The number of fused-ring (bicyclic) bond motifs is 1. The zero-order chi connectivity index (χ0) is 17.1. The number of benzene rings is 2. The van der Waals surface area contributed by atoms with E-state index < -0.39 is 0 Å². The molecule has 0 bridgehead atoms. The van der Waals surface area contributed by atoms with Crippen molar-refractivity contribution in [1.82, 2.24) is 15.3 Å². The molecule has 4 aromatic rings. The van der Waals surface area contributed by atoms with Gasteiger partial charge in [0.05, 0.1) is 17.5 Å². The highest BCUT2D eigenvalue weighted by Crippen LogP contribution is 2.20. The average molecular weight is 347 g/mol. The second-order valence-electron chi connectivity index (χ2n) is 5.83. The fourth-order valence-electron chi connectivity index (χ4n) is 2.70. The van der Waals surface area contributed by atoms with Gasteiger partial charge in [-0.1, -0.05) is 42.5 Å². The molecule has 0 radical (unpaired) electrons. The molecule has 5 heteroatoms. The molecule has 4 nitrogen and oxygen atoms in total. The molecule has 2 N–H and O–H groups in total. The fraction of sp³-hybridized carbons (Fsp3) is 0.100. The first-order chi connectivity index (χ1) is 12.3. The van der Waals surface area contributed by atoms with Crippen molar-refractivity contribution in [3.63, 3.8) is 0 Å². The number of hydrogen-bond acceptors (Lipinski definition) is 3. The summed E-state index contributed by atoms with van der Waals surface area (Å²) in [6.07, 6.45) is 0.439. The van der Waals surface area contributed by atoms with Gasteiger partial charge in [0.15, 0.2) is 0 Å². The summed E-state index contributed by atoms with van der Waals surface area (Å²) in [6.45, 7) is 0.532. The van der Waals surface area contributed by atoms with Crippen LogP contribution in [0.1, 0.15) is 10.4 Å². The summed E-state index contributed by atoms with van der Waals surface area (Å²) in [6, 6.07) is 20.0. The van der Waals surface area contributed by atoms with E-state index in [-0.39, 0.29) is 5.91 Å². The van der Waals surface area contributed by atoms with E-state index in [0.717, 1.165) is 32.9 Å². The molecule has 0 fully saturated rings. The Hall–Kier alpha value is -2.92. The second-order valence-corrected chi connectivity index (χ2v) is 6.86. The van der Waals surface area contributed by atoms with Gasteiger partial charge in [-0.25, -0.2) is 4.98 Å². The first kappa shape index (κ1) is 15.6. The Balaban J connectivity index is 1.40. The van der Waals surface area contributed by atoms with Gasteiger partial charge < -0.3 is 10.3 Å². The van der Waals surface area contributed by atoms with Crippen LogP contribution in [0.4, 0.5) is 0 Å². The predicted octanol–water partition coefficient (Wildman–Crippen LogP) is 4.15. The molecule has 1 amide bonds. The Labute approximate surface area is 149 Å². The van der Waals surface area contributed by atoms with Crippen LogP contribution in [-0.2, 0) is 17.8 Å². The Morgan fingerprint density at radius 2 is 1.88 bits per heavy atom. The number of aromatic amines is 1. The molecule has 2 heterocycles. The number of rotatable bonds is 5. The van der Waals surface area contributed by atoms with Gasteiger partial charge in [0, 0.05) is 17.0 Å². The minimum atomic E-state index is 0.0452. The Kier molecular flexibility index (Phi) is 4.31. The number of imidazole rings is 1. The van der Waals surface area contributed by atoms with Crippen molar-refractivity contribution in [2.75, 3.05) is 0 Å². The maximum Gasteiger partial charge on any atom is 0.225 e. The molecule has 4 rings (SSSR count). The van der Waals surface area contributed by atoms with Crippen LogP contribution in [0.25, 0.3) is 22.4 Å². The molecule has 25 heavy (non-hydrogen) atoms. The van der Waals surface area contributed by atoms with Crippen LogP contribution in [0.3, 0.4) is 0 Å². The molecule has 0 saturated heterocycles. The number of para-hydroxylation sites is 2. The minimum absolute atomic E-state index is 0.0452. The maximum atomic E-state index is 12.0. The van der Waals surface area contributed by atoms with E-state index in [1.165, 1.54) is 0 Å².